The van der Waals surface area contributed by atoms with Gasteiger partial charge in [-0.1, -0.05) is 18.2 Å². The number of benzene rings is 2. The molecular weight excluding hydrogens is 270 g/mol. The third-order valence-electron chi connectivity index (χ3n) is 4.24. The van der Waals surface area contributed by atoms with Crippen LogP contribution in [0.5, 0.6) is 0 Å². The van der Waals surface area contributed by atoms with E-state index in [-0.39, 0.29) is 0 Å². The molecule has 110 valence electrons. The summed E-state index contributed by atoms with van der Waals surface area (Å²) in [5.74, 6) is 0. The molecule has 1 aliphatic rings. The molecule has 1 N–H and O–H groups in total. The molecule has 3 heteroatoms. The van der Waals surface area contributed by atoms with Gasteiger partial charge in [-0.05, 0) is 54.7 Å². The van der Waals surface area contributed by atoms with Crippen molar-refractivity contribution in [1.29, 1.82) is 0 Å². The maximum Gasteiger partial charge on any atom is 0.0890 e. The molecule has 0 radical (unpaired) electrons. The zero-order valence-electron chi connectivity index (χ0n) is 12.8. The molecule has 0 unspecified atom stereocenters. The summed E-state index contributed by atoms with van der Waals surface area (Å²) >= 11 is 0. The highest BCUT2D eigenvalue weighted by atomic mass is 14.9. The van der Waals surface area contributed by atoms with Crippen molar-refractivity contribution in [1.82, 2.24) is 9.97 Å². The summed E-state index contributed by atoms with van der Waals surface area (Å²) < 4.78 is 0. The van der Waals surface area contributed by atoms with E-state index in [1.165, 1.54) is 35.2 Å². The number of fused-ring (bicyclic) bond motifs is 2. The van der Waals surface area contributed by atoms with Crippen molar-refractivity contribution in [2.24, 2.45) is 0 Å². The Labute approximate surface area is 130 Å². The maximum atomic E-state index is 4.75. The Morgan fingerprint density at radius 2 is 2.05 bits per heavy atom. The molecule has 0 saturated carbocycles. The molecule has 0 saturated heterocycles. The fourth-order valence-corrected chi connectivity index (χ4v) is 3.09. The summed E-state index contributed by atoms with van der Waals surface area (Å²) in [6.45, 7) is 3.16. The lowest BCUT2D eigenvalue weighted by Gasteiger charge is -2.18. The Hall–Kier alpha value is -2.42. The highest BCUT2D eigenvalue weighted by Gasteiger charge is 2.09. The minimum absolute atomic E-state index is 0.837. The maximum absolute atomic E-state index is 4.75. The first-order valence-corrected chi connectivity index (χ1v) is 7.86. The molecule has 3 aromatic rings. The van der Waals surface area contributed by atoms with Gasteiger partial charge in [-0.25, -0.2) is 4.98 Å². The molecule has 2 heterocycles. The van der Waals surface area contributed by atoms with Crippen molar-refractivity contribution in [2.75, 3.05) is 11.9 Å². The lowest BCUT2D eigenvalue weighted by Crippen LogP contribution is -2.11. The summed E-state index contributed by atoms with van der Waals surface area (Å²) in [6.07, 6.45) is 5.12. The minimum Gasteiger partial charge on any atom is -0.385 e. The van der Waals surface area contributed by atoms with Crippen LogP contribution in [0, 0.1) is 6.92 Å². The van der Waals surface area contributed by atoms with Crippen molar-refractivity contribution in [2.45, 2.75) is 26.2 Å². The first-order valence-electron chi connectivity index (χ1n) is 7.86. The predicted octanol–water partition coefficient (Wildman–Crippen LogP) is 3.89. The van der Waals surface area contributed by atoms with Gasteiger partial charge in [0.2, 0.25) is 0 Å². The van der Waals surface area contributed by atoms with Gasteiger partial charge >= 0.3 is 0 Å². The van der Waals surface area contributed by atoms with Crippen LogP contribution >= 0.6 is 0 Å². The average Bonchev–Trinajstić information content (AvgIpc) is 2.55. The highest BCUT2D eigenvalue weighted by molar-refractivity contribution is 5.74. The average molecular weight is 289 g/mol. The van der Waals surface area contributed by atoms with Crippen LogP contribution in [0.2, 0.25) is 0 Å². The molecule has 3 nitrogen and oxygen atoms in total. The van der Waals surface area contributed by atoms with E-state index in [0.29, 0.717) is 0 Å². The number of hydrogen-bond acceptors (Lipinski definition) is 3. The number of rotatable bonds is 2. The van der Waals surface area contributed by atoms with Crippen molar-refractivity contribution in [3.05, 3.63) is 65.0 Å². The van der Waals surface area contributed by atoms with Crippen LogP contribution in [0.3, 0.4) is 0 Å². The number of aromatic nitrogens is 2. The van der Waals surface area contributed by atoms with Crippen molar-refractivity contribution >= 4 is 16.7 Å². The molecule has 2 aromatic carbocycles. The van der Waals surface area contributed by atoms with Crippen molar-refractivity contribution in [3.8, 4) is 0 Å². The monoisotopic (exact) mass is 289 g/mol. The standard InChI is InChI=1S/C19H19N3/c1-13-4-6-18-19(9-13)21-12-16(22-18)11-14-5-7-17-15(10-14)3-2-8-20-17/h4-7,9-10,12,20H,2-3,8,11H2,1H3. The lowest BCUT2D eigenvalue weighted by atomic mass is 9.99. The number of nitrogens with zero attached hydrogens (tertiary/aromatic N) is 2. The van der Waals surface area contributed by atoms with E-state index in [0.717, 1.165) is 29.7 Å². The molecule has 0 aliphatic carbocycles. The Morgan fingerprint density at radius 3 is 3.00 bits per heavy atom. The quantitative estimate of drug-likeness (QED) is 0.778. The third kappa shape index (κ3) is 2.54. The summed E-state index contributed by atoms with van der Waals surface area (Å²) in [6, 6.07) is 12.9. The fraction of sp³-hybridized carbons (Fsp3) is 0.263. The fourth-order valence-electron chi connectivity index (χ4n) is 3.09. The number of aryl methyl sites for hydroxylation is 2. The molecular formula is C19H19N3. The first kappa shape index (κ1) is 13.3. The van der Waals surface area contributed by atoms with Gasteiger partial charge in [-0.2, -0.15) is 0 Å². The Morgan fingerprint density at radius 1 is 1.09 bits per heavy atom. The molecule has 4 rings (SSSR count). The van der Waals surface area contributed by atoms with Gasteiger partial charge < -0.3 is 5.32 Å². The molecule has 0 amide bonds. The second-order valence-corrected chi connectivity index (χ2v) is 6.05. The van der Waals surface area contributed by atoms with Crippen LogP contribution in [-0.2, 0) is 12.8 Å². The topological polar surface area (TPSA) is 37.8 Å². The Balaban J connectivity index is 1.64. The summed E-state index contributed by atoms with van der Waals surface area (Å²) in [5, 5.41) is 3.46. The van der Waals surface area contributed by atoms with E-state index < -0.39 is 0 Å². The van der Waals surface area contributed by atoms with Crippen molar-refractivity contribution in [3.63, 3.8) is 0 Å². The Kier molecular flexibility index (Phi) is 3.26. The smallest absolute Gasteiger partial charge is 0.0890 e. The largest absolute Gasteiger partial charge is 0.385 e. The van der Waals surface area contributed by atoms with Gasteiger partial charge in [0.25, 0.3) is 0 Å². The lowest BCUT2D eigenvalue weighted by molar-refractivity contribution is 0.828. The van der Waals surface area contributed by atoms with Gasteiger partial charge in [0, 0.05) is 24.8 Å². The summed E-state index contributed by atoms with van der Waals surface area (Å²) in [4.78, 5) is 9.30. The van der Waals surface area contributed by atoms with Gasteiger partial charge in [-0.15, -0.1) is 0 Å². The molecule has 1 aliphatic heterocycles. The number of anilines is 1. The van der Waals surface area contributed by atoms with Gasteiger partial charge in [0.05, 0.1) is 16.7 Å². The van der Waals surface area contributed by atoms with E-state index in [2.05, 4.69) is 53.6 Å². The van der Waals surface area contributed by atoms with Gasteiger partial charge in [0.15, 0.2) is 0 Å². The minimum atomic E-state index is 0.837. The SMILES string of the molecule is Cc1ccc2nc(Cc3ccc4c(c3)CCCN4)cnc2c1. The van der Waals surface area contributed by atoms with Crippen molar-refractivity contribution < 1.29 is 0 Å². The van der Waals surface area contributed by atoms with Crippen LogP contribution in [0.25, 0.3) is 11.0 Å². The molecule has 1 aromatic heterocycles. The molecule has 22 heavy (non-hydrogen) atoms. The number of hydrogen-bond donors (Lipinski definition) is 1. The zero-order chi connectivity index (χ0) is 14.9. The molecule has 0 bridgehead atoms. The molecule has 0 atom stereocenters. The van der Waals surface area contributed by atoms with Crippen LogP contribution in [0.4, 0.5) is 5.69 Å². The normalized spacial score (nSPS) is 13.7. The molecule has 0 spiro atoms. The van der Waals surface area contributed by atoms with E-state index in [9.17, 15) is 0 Å². The highest BCUT2D eigenvalue weighted by Crippen LogP contribution is 2.24. The van der Waals surface area contributed by atoms with E-state index >= 15 is 0 Å². The van der Waals surface area contributed by atoms with Crippen LogP contribution in [0.15, 0.2) is 42.6 Å². The first-order chi connectivity index (χ1) is 10.8. The second-order valence-electron chi connectivity index (χ2n) is 6.05. The van der Waals surface area contributed by atoms with Crippen LogP contribution < -0.4 is 5.32 Å². The van der Waals surface area contributed by atoms with E-state index in [4.69, 9.17) is 4.98 Å². The second kappa shape index (κ2) is 5.41. The number of nitrogens with one attached hydrogen (secondary N) is 1. The Bertz CT molecular complexity index is 839. The molecule has 0 fully saturated rings. The summed E-state index contributed by atoms with van der Waals surface area (Å²) in [7, 11) is 0. The van der Waals surface area contributed by atoms with Crippen LogP contribution in [0.1, 0.15) is 28.8 Å². The van der Waals surface area contributed by atoms with E-state index in [1.807, 2.05) is 6.20 Å². The van der Waals surface area contributed by atoms with Gasteiger partial charge in [0.1, 0.15) is 0 Å². The predicted molar refractivity (Wildman–Crippen MR) is 90.3 cm³/mol. The van der Waals surface area contributed by atoms with E-state index in [1.54, 1.807) is 0 Å². The zero-order valence-corrected chi connectivity index (χ0v) is 12.8. The summed E-state index contributed by atoms with van der Waals surface area (Å²) in [5.41, 5.74) is 8.21. The third-order valence-corrected chi connectivity index (χ3v) is 4.24. The van der Waals surface area contributed by atoms with Crippen LogP contribution in [-0.4, -0.2) is 16.5 Å². The van der Waals surface area contributed by atoms with Gasteiger partial charge in [-0.3, -0.25) is 4.98 Å².